The number of rotatable bonds is 10. The molecule has 0 aliphatic carbocycles. The minimum atomic E-state index is -1.18. The van der Waals surface area contributed by atoms with Gasteiger partial charge in [0.15, 0.2) is 0 Å². The van der Waals surface area contributed by atoms with Crippen molar-refractivity contribution in [2.24, 2.45) is 11.8 Å². The van der Waals surface area contributed by atoms with Gasteiger partial charge in [0, 0.05) is 23.2 Å². The fourth-order valence-corrected chi connectivity index (χ4v) is 5.24. The number of benzene rings is 2. The summed E-state index contributed by atoms with van der Waals surface area (Å²) in [7, 11) is 1.58. The quantitative estimate of drug-likeness (QED) is 0.353. The zero-order valence-corrected chi connectivity index (χ0v) is 20.8. The molecule has 3 atom stereocenters. The Kier molecular flexibility index (Phi) is 8.58. The number of methoxy groups -OCH3 is 1. The molecule has 5 nitrogen and oxygen atoms in total. The third-order valence-electron chi connectivity index (χ3n) is 7.12. The van der Waals surface area contributed by atoms with Crippen LogP contribution in [-0.4, -0.2) is 47.7 Å². The van der Waals surface area contributed by atoms with E-state index in [1.54, 1.807) is 19.4 Å². The third-order valence-corrected chi connectivity index (χ3v) is 7.37. The number of likely N-dealkylation sites (tertiary alicyclic amines) is 1. The number of carboxylic acid groups (broad SMARTS) is 1. The average Bonchev–Trinajstić information content (AvgIpc) is 2.88. The number of fused-ring (bicyclic) bond motifs is 1. The Balaban J connectivity index is 1.32. The van der Waals surface area contributed by atoms with Crippen LogP contribution in [0.5, 0.6) is 5.75 Å². The lowest BCUT2D eigenvalue weighted by atomic mass is 9.81. The van der Waals surface area contributed by atoms with E-state index in [1.807, 2.05) is 42.5 Å². The van der Waals surface area contributed by atoms with Gasteiger partial charge >= 0.3 is 5.97 Å². The summed E-state index contributed by atoms with van der Waals surface area (Å²) >= 11 is 5.95. The number of hydrogen-bond acceptors (Lipinski definition) is 4. The molecule has 0 saturated carbocycles. The van der Waals surface area contributed by atoms with Gasteiger partial charge < -0.3 is 14.7 Å². The molecule has 0 bridgehead atoms. The summed E-state index contributed by atoms with van der Waals surface area (Å²) in [6, 6.07) is 15.0. The molecule has 1 fully saturated rings. The number of hydrogen-bond donors (Lipinski definition) is 1. The number of piperidine rings is 1. The van der Waals surface area contributed by atoms with E-state index in [1.165, 1.54) is 5.56 Å². The molecule has 0 amide bonds. The second kappa shape index (κ2) is 11.8. The molecule has 0 spiro atoms. The Morgan fingerprint density at radius 2 is 2.06 bits per heavy atom. The second-order valence-corrected chi connectivity index (χ2v) is 9.79. The number of aryl methyl sites for hydroxylation is 1. The van der Waals surface area contributed by atoms with Gasteiger partial charge in [-0.3, -0.25) is 9.78 Å². The molecule has 2 heterocycles. The molecule has 1 aliphatic heterocycles. The predicted octanol–water partition coefficient (Wildman–Crippen LogP) is 6.34. The average molecular weight is 499 g/mol. The van der Waals surface area contributed by atoms with Crippen LogP contribution in [0, 0.1) is 11.8 Å². The monoisotopic (exact) mass is 498 g/mol. The number of aromatic nitrogens is 1. The zero-order chi connectivity index (χ0) is 24.8. The number of halogens is 2. The molecule has 1 saturated heterocycles. The van der Waals surface area contributed by atoms with Crippen molar-refractivity contribution in [3.05, 3.63) is 70.9 Å². The van der Waals surface area contributed by atoms with E-state index < -0.39 is 18.1 Å². The van der Waals surface area contributed by atoms with Crippen molar-refractivity contribution in [3.63, 3.8) is 0 Å². The molecular formula is C28H32ClFN2O3. The molecule has 186 valence electrons. The first-order valence-electron chi connectivity index (χ1n) is 12.2. The highest BCUT2D eigenvalue weighted by Crippen LogP contribution is 2.35. The lowest BCUT2D eigenvalue weighted by Gasteiger charge is -2.37. The maximum absolute atomic E-state index is 15.4. The van der Waals surface area contributed by atoms with Gasteiger partial charge in [-0.05, 0) is 98.6 Å². The number of carboxylic acids is 1. The van der Waals surface area contributed by atoms with E-state index in [-0.39, 0.29) is 5.92 Å². The largest absolute Gasteiger partial charge is 0.497 e. The minimum Gasteiger partial charge on any atom is -0.497 e. The van der Waals surface area contributed by atoms with Gasteiger partial charge in [-0.2, -0.15) is 0 Å². The SMILES string of the molecule is COc1ccc2nccc([C@@H](F)CC[C@@H]3CCN(CCCc4ccc(Cl)cc4)C[C@@H]3C(=O)O)c2c1. The number of aliphatic carboxylic acids is 1. The number of alkyl halides is 1. The summed E-state index contributed by atoms with van der Waals surface area (Å²) in [5.41, 5.74) is 2.54. The third kappa shape index (κ3) is 6.50. The molecule has 35 heavy (non-hydrogen) atoms. The van der Waals surface area contributed by atoms with E-state index in [2.05, 4.69) is 9.88 Å². The molecular weight excluding hydrogens is 467 g/mol. The first kappa shape index (κ1) is 25.4. The van der Waals surface area contributed by atoms with Crippen molar-refractivity contribution in [1.82, 2.24) is 9.88 Å². The van der Waals surface area contributed by atoms with E-state index in [0.29, 0.717) is 30.7 Å². The van der Waals surface area contributed by atoms with Crippen molar-refractivity contribution >= 4 is 28.5 Å². The minimum absolute atomic E-state index is 0.0269. The van der Waals surface area contributed by atoms with Crippen molar-refractivity contribution in [2.75, 3.05) is 26.7 Å². The molecule has 7 heteroatoms. The number of nitrogens with zero attached hydrogens (tertiary/aromatic N) is 2. The Morgan fingerprint density at radius 1 is 1.26 bits per heavy atom. The summed E-state index contributed by atoms with van der Waals surface area (Å²) in [6.45, 7) is 2.23. The Labute approximate surface area is 210 Å². The van der Waals surface area contributed by atoms with Crippen LogP contribution >= 0.6 is 11.6 Å². The summed E-state index contributed by atoms with van der Waals surface area (Å²) in [5, 5.41) is 11.4. The highest BCUT2D eigenvalue weighted by molar-refractivity contribution is 6.30. The van der Waals surface area contributed by atoms with Crippen LogP contribution in [0.25, 0.3) is 10.9 Å². The van der Waals surface area contributed by atoms with Crippen LogP contribution in [0.1, 0.15) is 43.0 Å². The van der Waals surface area contributed by atoms with Crippen LogP contribution in [0.15, 0.2) is 54.7 Å². The summed E-state index contributed by atoms with van der Waals surface area (Å²) < 4.78 is 20.7. The Morgan fingerprint density at radius 3 is 2.80 bits per heavy atom. The van der Waals surface area contributed by atoms with Crippen molar-refractivity contribution < 1.29 is 19.0 Å². The van der Waals surface area contributed by atoms with Crippen molar-refractivity contribution in [3.8, 4) is 5.75 Å². The van der Waals surface area contributed by atoms with Gasteiger partial charge in [-0.15, -0.1) is 0 Å². The molecule has 1 N–H and O–H groups in total. The first-order chi connectivity index (χ1) is 16.9. The molecule has 1 aliphatic rings. The topological polar surface area (TPSA) is 62.7 Å². The number of pyridine rings is 1. The van der Waals surface area contributed by atoms with Crippen LogP contribution in [-0.2, 0) is 11.2 Å². The van der Waals surface area contributed by atoms with Gasteiger partial charge in [0.2, 0.25) is 0 Å². The first-order valence-corrected chi connectivity index (χ1v) is 12.6. The Bertz CT molecular complexity index is 1140. The number of carbonyl (C=O) groups is 1. The van der Waals surface area contributed by atoms with Crippen LogP contribution in [0.2, 0.25) is 5.02 Å². The van der Waals surface area contributed by atoms with Crippen LogP contribution < -0.4 is 4.74 Å². The zero-order valence-electron chi connectivity index (χ0n) is 20.0. The molecule has 0 unspecified atom stereocenters. The lowest BCUT2D eigenvalue weighted by Crippen LogP contribution is -2.44. The van der Waals surface area contributed by atoms with Crippen LogP contribution in [0.3, 0.4) is 0 Å². The van der Waals surface area contributed by atoms with E-state index in [4.69, 9.17) is 16.3 Å². The normalized spacial score (nSPS) is 19.5. The van der Waals surface area contributed by atoms with Gasteiger partial charge in [0.05, 0.1) is 18.5 Å². The predicted molar refractivity (Wildman–Crippen MR) is 137 cm³/mol. The van der Waals surface area contributed by atoms with Crippen molar-refractivity contribution in [2.45, 2.75) is 38.3 Å². The van der Waals surface area contributed by atoms with E-state index in [9.17, 15) is 9.90 Å². The van der Waals surface area contributed by atoms with Crippen LogP contribution in [0.4, 0.5) is 4.39 Å². The lowest BCUT2D eigenvalue weighted by molar-refractivity contribution is -0.146. The van der Waals surface area contributed by atoms with Gasteiger partial charge in [0.1, 0.15) is 11.9 Å². The van der Waals surface area contributed by atoms with Crippen molar-refractivity contribution in [1.29, 1.82) is 0 Å². The maximum atomic E-state index is 15.4. The van der Waals surface area contributed by atoms with Gasteiger partial charge in [0.25, 0.3) is 0 Å². The molecule has 1 aromatic heterocycles. The maximum Gasteiger partial charge on any atom is 0.308 e. The molecule has 0 radical (unpaired) electrons. The summed E-state index contributed by atoms with van der Waals surface area (Å²) in [4.78, 5) is 18.6. The standard InChI is InChI=1S/C28H32ClFN2O3/c1-35-22-9-11-27-24(17-22)23(12-14-31-27)26(30)10-6-20-13-16-32(18-25(20)28(33)34)15-2-3-19-4-7-21(29)8-5-19/h4-5,7-9,11-12,14,17,20,25-26H,2-3,6,10,13,15-16,18H2,1H3,(H,33,34)/t20-,25+,26+/m1/s1. The fourth-order valence-electron chi connectivity index (χ4n) is 5.12. The van der Waals surface area contributed by atoms with Gasteiger partial charge in [-0.25, -0.2) is 4.39 Å². The fraction of sp³-hybridized carbons (Fsp3) is 0.429. The molecule has 4 rings (SSSR count). The smallest absolute Gasteiger partial charge is 0.308 e. The molecule has 3 aromatic rings. The second-order valence-electron chi connectivity index (χ2n) is 9.35. The highest BCUT2D eigenvalue weighted by Gasteiger charge is 2.34. The molecule has 2 aromatic carbocycles. The summed E-state index contributed by atoms with van der Waals surface area (Å²) in [6.07, 6.45) is 3.95. The summed E-state index contributed by atoms with van der Waals surface area (Å²) in [5.74, 6) is -0.623. The van der Waals surface area contributed by atoms with E-state index >= 15 is 4.39 Å². The van der Waals surface area contributed by atoms with Gasteiger partial charge in [-0.1, -0.05) is 23.7 Å². The Hall–Kier alpha value is -2.70. The number of ether oxygens (including phenoxy) is 1. The van der Waals surface area contributed by atoms with E-state index in [0.717, 1.165) is 48.3 Å². The highest BCUT2D eigenvalue weighted by atomic mass is 35.5.